The average Bonchev–Trinajstić information content (AvgIpc) is 2.43. The summed E-state index contributed by atoms with van der Waals surface area (Å²) in [7, 11) is 0. The van der Waals surface area contributed by atoms with Gasteiger partial charge in [0.25, 0.3) is 0 Å². The molecule has 0 spiro atoms. The zero-order valence-corrected chi connectivity index (χ0v) is 11.9. The molecule has 0 fully saturated rings. The van der Waals surface area contributed by atoms with Crippen LogP contribution in [-0.2, 0) is 4.79 Å². The highest BCUT2D eigenvalue weighted by Gasteiger charge is 2.14. The van der Waals surface area contributed by atoms with E-state index in [1.165, 1.54) is 0 Å². The van der Waals surface area contributed by atoms with Crippen molar-refractivity contribution >= 4 is 11.7 Å². The van der Waals surface area contributed by atoms with E-state index in [2.05, 4.69) is 15.6 Å². The number of carbonyl (C=O) groups excluding carboxylic acids is 1. The molecule has 19 heavy (non-hydrogen) atoms. The van der Waals surface area contributed by atoms with Gasteiger partial charge < -0.3 is 15.4 Å². The number of rotatable bonds is 8. The van der Waals surface area contributed by atoms with Crippen LogP contribution in [0.3, 0.4) is 0 Å². The summed E-state index contributed by atoms with van der Waals surface area (Å²) in [6, 6.07) is 3.32. The summed E-state index contributed by atoms with van der Waals surface area (Å²) in [6.07, 6.45) is 3.53. The fourth-order valence-electron chi connectivity index (χ4n) is 1.50. The SMILES string of the molecule is CCCNC(=O)C(C)Nc1ncccc1OCCC. The third kappa shape index (κ3) is 5.16. The molecule has 0 aromatic carbocycles. The fraction of sp³-hybridized carbons (Fsp3) is 0.571. The van der Waals surface area contributed by atoms with E-state index in [0.29, 0.717) is 24.7 Å². The number of hydrogen-bond donors (Lipinski definition) is 2. The van der Waals surface area contributed by atoms with Crippen molar-refractivity contribution in [2.45, 2.75) is 39.7 Å². The molecule has 5 nitrogen and oxygen atoms in total. The Labute approximate surface area is 114 Å². The summed E-state index contributed by atoms with van der Waals surface area (Å²) in [5.41, 5.74) is 0. The molecule has 1 unspecified atom stereocenters. The van der Waals surface area contributed by atoms with E-state index in [1.807, 2.05) is 32.9 Å². The highest BCUT2D eigenvalue weighted by atomic mass is 16.5. The molecule has 0 aliphatic rings. The van der Waals surface area contributed by atoms with Crippen molar-refractivity contribution < 1.29 is 9.53 Å². The third-order valence-electron chi connectivity index (χ3n) is 2.53. The lowest BCUT2D eigenvalue weighted by molar-refractivity contribution is -0.121. The lowest BCUT2D eigenvalue weighted by Crippen LogP contribution is -2.38. The van der Waals surface area contributed by atoms with Crippen molar-refractivity contribution in [1.29, 1.82) is 0 Å². The molecule has 1 aromatic rings. The maximum absolute atomic E-state index is 11.8. The normalized spacial score (nSPS) is 11.7. The summed E-state index contributed by atoms with van der Waals surface area (Å²) in [5.74, 6) is 1.25. The molecule has 1 aromatic heterocycles. The number of carbonyl (C=O) groups is 1. The van der Waals surface area contributed by atoms with Gasteiger partial charge in [-0.1, -0.05) is 13.8 Å². The molecule has 1 atom stereocenters. The van der Waals surface area contributed by atoms with Crippen LogP contribution in [0.1, 0.15) is 33.6 Å². The Morgan fingerprint density at radius 1 is 1.42 bits per heavy atom. The van der Waals surface area contributed by atoms with E-state index in [4.69, 9.17) is 4.74 Å². The van der Waals surface area contributed by atoms with Gasteiger partial charge in [0.1, 0.15) is 6.04 Å². The summed E-state index contributed by atoms with van der Waals surface area (Å²) < 4.78 is 5.59. The highest BCUT2D eigenvalue weighted by molar-refractivity contribution is 5.84. The summed E-state index contributed by atoms with van der Waals surface area (Å²) in [5, 5.41) is 5.92. The van der Waals surface area contributed by atoms with E-state index in [9.17, 15) is 4.79 Å². The van der Waals surface area contributed by atoms with Crippen molar-refractivity contribution in [2.24, 2.45) is 0 Å². The molecule has 2 N–H and O–H groups in total. The maximum atomic E-state index is 11.8. The van der Waals surface area contributed by atoms with Gasteiger partial charge in [0.2, 0.25) is 5.91 Å². The van der Waals surface area contributed by atoms with Crippen molar-refractivity contribution in [3.8, 4) is 5.75 Å². The Bertz CT molecular complexity index is 396. The summed E-state index contributed by atoms with van der Waals surface area (Å²) in [6.45, 7) is 7.20. The molecular weight excluding hydrogens is 242 g/mol. The number of pyridine rings is 1. The molecule has 1 rings (SSSR count). The molecule has 0 radical (unpaired) electrons. The lowest BCUT2D eigenvalue weighted by atomic mass is 10.3. The maximum Gasteiger partial charge on any atom is 0.242 e. The van der Waals surface area contributed by atoms with Crippen LogP contribution >= 0.6 is 0 Å². The minimum Gasteiger partial charge on any atom is -0.490 e. The largest absolute Gasteiger partial charge is 0.490 e. The molecule has 1 heterocycles. The van der Waals surface area contributed by atoms with Gasteiger partial charge in [0.15, 0.2) is 11.6 Å². The van der Waals surface area contributed by atoms with Gasteiger partial charge >= 0.3 is 0 Å². The van der Waals surface area contributed by atoms with Crippen LogP contribution in [0.5, 0.6) is 5.75 Å². The van der Waals surface area contributed by atoms with E-state index < -0.39 is 0 Å². The second-order valence-electron chi connectivity index (χ2n) is 4.36. The van der Waals surface area contributed by atoms with Gasteiger partial charge in [-0.25, -0.2) is 4.98 Å². The summed E-state index contributed by atoms with van der Waals surface area (Å²) in [4.78, 5) is 16.0. The summed E-state index contributed by atoms with van der Waals surface area (Å²) >= 11 is 0. The monoisotopic (exact) mass is 265 g/mol. The Morgan fingerprint density at radius 3 is 2.89 bits per heavy atom. The predicted molar refractivity (Wildman–Crippen MR) is 76.4 cm³/mol. The van der Waals surface area contributed by atoms with Crippen molar-refractivity contribution in [2.75, 3.05) is 18.5 Å². The average molecular weight is 265 g/mol. The first-order valence-electron chi connectivity index (χ1n) is 6.81. The van der Waals surface area contributed by atoms with Crippen LogP contribution in [0.25, 0.3) is 0 Å². The van der Waals surface area contributed by atoms with Crippen molar-refractivity contribution in [3.05, 3.63) is 18.3 Å². The smallest absolute Gasteiger partial charge is 0.242 e. The molecule has 5 heteroatoms. The number of aromatic nitrogens is 1. The van der Waals surface area contributed by atoms with Crippen LogP contribution in [-0.4, -0.2) is 30.1 Å². The van der Waals surface area contributed by atoms with Crippen molar-refractivity contribution in [3.63, 3.8) is 0 Å². The first-order chi connectivity index (χ1) is 9.19. The molecule has 0 saturated carbocycles. The van der Waals surface area contributed by atoms with Gasteiger partial charge in [-0.15, -0.1) is 0 Å². The molecular formula is C14H23N3O2. The second kappa shape index (κ2) is 8.34. The van der Waals surface area contributed by atoms with Gasteiger partial charge in [0.05, 0.1) is 6.61 Å². The predicted octanol–water partition coefficient (Wildman–Crippen LogP) is 2.20. The van der Waals surface area contributed by atoms with Gasteiger partial charge in [-0.3, -0.25) is 4.79 Å². The van der Waals surface area contributed by atoms with Crippen LogP contribution in [0, 0.1) is 0 Å². The zero-order chi connectivity index (χ0) is 14.1. The molecule has 106 valence electrons. The van der Waals surface area contributed by atoms with Crippen LogP contribution in [0.4, 0.5) is 5.82 Å². The minimum atomic E-state index is -0.342. The van der Waals surface area contributed by atoms with E-state index in [0.717, 1.165) is 12.8 Å². The Hall–Kier alpha value is -1.78. The minimum absolute atomic E-state index is 0.0334. The fourth-order valence-corrected chi connectivity index (χ4v) is 1.50. The highest BCUT2D eigenvalue weighted by Crippen LogP contribution is 2.21. The number of amides is 1. The third-order valence-corrected chi connectivity index (χ3v) is 2.53. The van der Waals surface area contributed by atoms with E-state index in [1.54, 1.807) is 6.20 Å². The number of nitrogens with one attached hydrogen (secondary N) is 2. The Kier molecular flexibility index (Phi) is 6.71. The van der Waals surface area contributed by atoms with Gasteiger partial charge in [-0.2, -0.15) is 0 Å². The number of ether oxygens (including phenoxy) is 1. The first-order valence-corrected chi connectivity index (χ1v) is 6.81. The number of hydrogen-bond acceptors (Lipinski definition) is 4. The van der Waals surface area contributed by atoms with Crippen LogP contribution < -0.4 is 15.4 Å². The Morgan fingerprint density at radius 2 is 2.21 bits per heavy atom. The zero-order valence-electron chi connectivity index (χ0n) is 11.9. The molecule has 0 aliphatic carbocycles. The second-order valence-corrected chi connectivity index (χ2v) is 4.36. The van der Waals surface area contributed by atoms with Crippen LogP contribution in [0.15, 0.2) is 18.3 Å². The van der Waals surface area contributed by atoms with E-state index in [-0.39, 0.29) is 11.9 Å². The quantitative estimate of drug-likeness (QED) is 0.756. The van der Waals surface area contributed by atoms with Gasteiger partial charge in [0, 0.05) is 12.7 Å². The Balaban J connectivity index is 2.62. The number of nitrogens with zero attached hydrogens (tertiary/aromatic N) is 1. The number of anilines is 1. The van der Waals surface area contributed by atoms with E-state index >= 15 is 0 Å². The standard InChI is InChI=1S/C14H23N3O2/c1-4-8-16-14(18)11(3)17-13-12(19-10-5-2)7-6-9-15-13/h6-7,9,11H,4-5,8,10H2,1-3H3,(H,15,17)(H,16,18). The van der Waals surface area contributed by atoms with Crippen molar-refractivity contribution in [1.82, 2.24) is 10.3 Å². The molecule has 0 saturated heterocycles. The molecule has 1 amide bonds. The molecule has 0 aliphatic heterocycles. The van der Waals surface area contributed by atoms with Crippen LogP contribution in [0.2, 0.25) is 0 Å². The molecule has 0 bridgehead atoms. The van der Waals surface area contributed by atoms with Gasteiger partial charge in [-0.05, 0) is 31.9 Å². The lowest BCUT2D eigenvalue weighted by Gasteiger charge is -2.16. The topological polar surface area (TPSA) is 63.2 Å². The first kappa shape index (κ1) is 15.3.